The zero-order chi connectivity index (χ0) is 13.0. The van der Waals surface area contributed by atoms with Crippen LogP contribution in [0.2, 0.25) is 5.02 Å². The lowest BCUT2D eigenvalue weighted by Crippen LogP contribution is -2.44. The van der Waals surface area contributed by atoms with Gasteiger partial charge in [0.15, 0.2) is 0 Å². The van der Waals surface area contributed by atoms with E-state index in [0.717, 1.165) is 0 Å². The highest BCUT2D eigenvalue weighted by atomic mass is 35.5. The van der Waals surface area contributed by atoms with Crippen molar-refractivity contribution in [3.8, 4) is 0 Å². The summed E-state index contributed by atoms with van der Waals surface area (Å²) in [5.41, 5.74) is 0.279. The molecule has 1 atom stereocenters. The molecule has 0 bridgehead atoms. The molecule has 0 fully saturated rings. The van der Waals surface area contributed by atoms with Crippen LogP contribution in [0.5, 0.6) is 0 Å². The van der Waals surface area contributed by atoms with Crippen LogP contribution in [0.15, 0.2) is 24.3 Å². The first-order valence-electron chi connectivity index (χ1n) is 5.21. The minimum absolute atomic E-state index is 0.195. The highest BCUT2D eigenvalue weighted by molar-refractivity contribution is 6.33. The number of hydrogen-bond acceptors (Lipinski definition) is 2. The highest BCUT2D eigenvalue weighted by Gasteiger charge is 2.24. The first-order chi connectivity index (χ1) is 7.93. The summed E-state index contributed by atoms with van der Waals surface area (Å²) >= 11 is 5.85. The third-order valence-corrected chi connectivity index (χ3v) is 2.67. The standard InChI is InChI=1S/C12H14ClNO3/c1-7(2)10(12(16)17)14-11(15)8-5-3-4-6-9(8)13/h3-7,10H,1-2H3,(H,14,15)(H,16,17)/t10-/m1/s1. The summed E-state index contributed by atoms with van der Waals surface area (Å²) in [6.07, 6.45) is 0. The van der Waals surface area contributed by atoms with Crippen LogP contribution in [0.1, 0.15) is 24.2 Å². The third kappa shape index (κ3) is 3.46. The van der Waals surface area contributed by atoms with Crippen LogP contribution in [-0.2, 0) is 4.79 Å². The molecule has 4 nitrogen and oxygen atoms in total. The molecule has 5 heteroatoms. The minimum atomic E-state index is -1.06. The van der Waals surface area contributed by atoms with E-state index in [0.29, 0.717) is 5.02 Å². The SMILES string of the molecule is CC(C)[C@@H](NC(=O)c1ccccc1Cl)C(=O)O. The molecule has 0 aliphatic carbocycles. The number of benzene rings is 1. The Morgan fingerprint density at radius 1 is 1.29 bits per heavy atom. The molecule has 0 aliphatic heterocycles. The summed E-state index contributed by atoms with van der Waals surface area (Å²) in [4.78, 5) is 22.8. The Morgan fingerprint density at radius 2 is 1.88 bits per heavy atom. The molecule has 0 radical (unpaired) electrons. The fourth-order valence-corrected chi connectivity index (χ4v) is 1.60. The van der Waals surface area contributed by atoms with Gasteiger partial charge in [-0.25, -0.2) is 4.79 Å². The zero-order valence-corrected chi connectivity index (χ0v) is 10.4. The summed E-state index contributed by atoms with van der Waals surface area (Å²) in [5, 5.41) is 11.7. The normalized spacial score (nSPS) is 12.2. The molecule has 0 unspecified atom stereocenters. The van der Waals surface area contributed by atoms with Crippen LogP contribution in [0.25, 0.3) is 0 Å². The topological polar surface area (TPSA) is 66.4 Å². The van der Waals surface area contributed by atoms with Crippen molar-refractivity contribution in [1.29, 1.82) is 0 Å². The smallest absolute Gasteiger partial charge is 0.326 e. The number of amides is 1. The molecule has 1 rings (SSSR count). The van der Waals surface area contributed by atoms with Crippen LogP contribution in [0, 0.1) is 5.92 Å². The van der Waals surface area contributed by atoms with Crippen molar-refractivity contribution in [2.45, 2.75) is 19.9 Å². The van der Waals surface area contributed by atoms with Gasteiger partial charge in [-0.15, -0.1) is 0 Å². The van der Waals surface area contributed by atoms with E-state index in [1.54, 1.807) is 38.1 Å². The molecule has 1 aromatic carbocycles. The molecule has 0 aromatic heterocycles. The monoisotopic (exact) mass is 255 g/mol. The molecule has 0 aliphatic rings. The lowest BCUT2D eigenvalue weighted by Gasteiger charge is -2.18. The zero-order valence-electron chi connectivity index (χ0n) is 9.61. The fraction of sp³-hybridized carbons (Fsp3) is 0.333. The molecule has 1 aromatic rings. The molecule has 1 amide bonds. The number of hydrogen-bond donors (Lipinski definition) is 2. The molecular weight excluding hydrogens is 242 g/mol. The molecular formula is C12H14ClNO3. The quantitative estimate of drug-likeness (QED) is 0.867. The van der Waals surface area contributed by atoms with Crippen LogP contribution in [-0.4, -0.2) is 23.0 Å². The molecule has 0 saturated carbocycles. The minimum Gasteiger partial charge on any atom is -0.480 e. The molecule has 17 heavy (non-hydrogen) atoms. The van der Waals surface area contributed by atoms with E-state index in [1.807, 2.05) is 0 Å². The Hall–Kier alpha value is -1.55. The van der Waals surface area contributed by atoms with Gasteiger partial charge in [0.25, 0.3) is 5.91 Å². The van der Waals surface area contributed by atoms with Crippen LogP contribution in [0.3, 0.4) is 0 Å². The van der Waals surface area contributed by atoms with Crippen LogP contribution < -0.4 is 5.32 Å². The number of nitrogens with one attached hydrogen (secondary N) is 1. The second kappa shape index (κ2) is 5.68. The van der Waals surface area contributed by atoms with E-state index in [1.165, 1.54) is 0 Å². The Kier molecular flexibility index (Phi) is 4.52. The molecule has 92 valence electrons. The molecule has 0 heterocycles. The van der Waals surface area contributed by atoms with E-state index in [4.69, 9.17) is 16.7 Å². The van der Waals surface area contributed by atoms with Gasteiger partial charge in [-0.05, 0) is 18.1 Å². The summed E-state index contributed by atoms with van der Waals surface area (Å²) in [6, 6.07) is 5.60. The van der Waals surface area contributed by atoms with Gasteiger partial charge >= 0.3 is 5.97 Å². The summed E-state index contributed by atoms with van der Waals surface area (Å²) in [5.74, 6) is -1.73. The lowest BCUT2D eigenvalue weighted by molar-refractivity contribution is -0.140. The average Bonchev–Trinajstić information content (AvgIpc) is 2.25. The van der Waals surface area contributed by atoms with E-state index < -0.39 is 17.9 Å². The number of carbonyl (C=O) groups is 2. The molecule has 0 spiro atoms. The Labute approximate surface area is 105 Å². The Morgan fingerprint density at radius 3 is 2.35 bits per heavy atom. The van der Waals surface area contributed by atoms with Gasteiger partial charge in [0.2, 0.25) is 0 Å². The Bertz CT molecular complexity index is 432. The lowest BCUT2D eigenvalue weighted by atomic mass is 10.0. The van der Waals surface area contributed by atoms with Gasteiger partial charge in [-0.1, -0.05) is 37.6 Å². The summed E-state index contributed by atoms with van der Waals surface area (Å²) < 4.78 is 0. The van der Waals surface area contributed by atoms with Gasteiger partial charge in [0.05, 0.1) is 10.6 Å². The van der Waals surface area contributed by atoms with Crippen molar-refractivity contribution in [2.24, 2.45) is 5.92 Å². The first-order valence-corrected chi connectivity index (χ1v) is 5.59. The first kappa shape index (κ1) is 13.5. The maximum absolute atomic E-state index is 11.8. The number of carboxylic acid groups (broad SMARTS) is 1. The van der Waals surface area contributed by atoms with Gasteiger partial charge in [-0.2, -0.15) is 0 Å². The largest absolute Gasteiger partial charge is 0.480 e. The molecule has 2 N–H and O–H groups in total. The van der Waals surface area contributed by atoms with Gasteiger partial charge in [0.1, 0.15) is 6.04 Å². The summed E-state index contributed by atoms with van der Waals surface area (Å²) in [7, 11) is 0. The number of carbonyl (C=O) groups excluding carboxylic acids is 1. The number of aliphatic carboxylic acids is 1. The fourth-order valence-electron chi connectivity index (χ4n) is 1.38. The predicted molar refractivity (Wildman–Crippen MR) is 65.2 cm³/mol. The van der Waals surface area contributed by atoms with Crippen molar-refractivity contribution < 1.29 is 14.7 Å². The number of rotatable bonds is 4. The van der Waals surface area contributed by atoms with E-state index in [9.17, 15) is 9.59 Å². The maximum Gasteiger partial charge on any atom is 0.326 e. The summed E-state index contributed by atoms with van der Waals surface area (Å²) in [6.45, 7) is 3.46. The highest BCUT2D eigenvalue weighted by Crippen LogP contribution is 2.15. The van der Waals surface area contributed by atoms with E-state index >= 15 is 0 Å². The van der Waals surface area contributed by atoms with E-state index in [-0.39, 0.29) is 11.5 Å². The van der Waals surface area contributed by atoms with Crippen molar-refractivity contribution >= 4 is 23.5 Å². The average molecular weight is 256 g/mol. The van der Waals surface area contributed by atoms with Gasteiger partial charge in [0, 0.05) is 0 Å². The van der Waals surface area contributed by atoms with Crippen molar-refractivity contribution in [3.05, 3.63) is 34.9 Å². The number of halogens is 1. The Balaban J connectivity index is 2.85. The number of carboxylic acids is 1. The van der Waals surface area contributed by atoms with Gasteiger partial charge < -0.3 is 10.4 Å². The van der Waals surface area contributed by atoms with Crippen molar-refractivity contribution in [3.63, 3.8) is 0 Å². The third-order valence-electron chi connectivity index (χ3n) is 2.34. The van der Waals surface area contributed by atoms with Crippen LogP contribution in [0.4, 0.5) is 0 Å². The van der Waals surface area contributed by atoms with Crippen molar-refractivity contribution in [2.75, 3.05) is 0 Å². The second-order valence-corrected chi connectivity index (χ2v) is 4.42. The second-order valence-electron chi connectivity index (χ2n) is 4.01. The van der Waals surface area contributed by atoms with Crippen LogP contribution >= 0.6 is 11.6 Å². The predicted octanol–water partition coefficient (Wildman–Crippen LogP) is 2.18. The molecule has 0 saturated heterocycles. The van der Waals surface area contributed by atoms with Gasteiger partial charge in [-0.3, -0.25) is 4.79 Å². The van der Waals surface area contributed by atoms with Crippen molar-refractivity contribution in [1.82, 2.24) is 5.32 Å². The van der Waals surface area contributed by atoms with E-state index in [2.05, 4.69) is 5.32 Å². The maximum atomic E-state index is 11.8.